The third-order valence-corrected chi connectivity index (χ3v) is 4.19. The molecule has 2 aromatic rings. The number of hydrogen-bond donors (Lipinski definition) is 1. The average Bonchev–Trinajstić information content (AvgIpc) is 3.08. The minimum absolute atomic E-state index is 0.158. The van der Waals surface area contributed by atoms with E-state index in [2.05, 4.69) is 6.07 Å². The molecule has 0 saturated carbocycles. The van der Waals surface area contributed by atoms with Crippen LogP contribution < -0.4 is 24.7 Å². The molecule has 0 amide bonds. The molecule has 1 aliphatic heterocycles. The Kier molecular flexibility index (Phi) is 5.11. The Morgan fingerprint density at radius 1 is 1.17 bits per heavy atom. The standard InChI is InChI=1S/C19H23NO4/c1-3-22-19-14(5-4-6-17(19)21-2)9-15(11-20)13-7-8-16-18(10-13)24-12-23-16/h4-8,10,15H,3,9,11-12,20H2,1-2H3. The Hall–Kier alpha value is -2.40. The summed E-state index contributed by atoms with van der Waals surface area (Å²) in [5, 5.41) is 0. The van der Waals surface area contributed by atoms with Gasteiger partial charge in [-0.2, -0.15) is 0 Å². The van der Waals surface area contributed by atoms with Crippen LogP contribution in [0.15, 0.2) is 36.4 Å². The van der Waals surface area contributed by atoms with E-state index in [1.165, 1.54) is 0 Å². The Morgan fingerprint density at radius 2 is 2.00 bits per heavy atom. The zero-order valence-electron chi connectivity index (χ0n) is 14.1. The molecule has 0 aromatic heterocycles. The van der Waals surface area contributed by atoms with E-state index in [0.29, 0.717) is 13.2 Å². The van der Waals surface area contributed by atoms with Gasteiger partial charge in [0.05, 0.1) is 13.7 Å². The lowest BCUT2D eigenvalue weighted by molar-refractivity contribution is 0.174. The highest BCUT2D eigenvalue weighted by molar-refractivity contribution is 5.49. The summed E-state index contributed by atoms with van der Waals surface area (Å²) in [5.41, 5.74) is 8.27. The van der Waals surface area contributed by atoms with Crippen molar-refractivity contribution in [2.75, 3.05) is 27.1 Å². The van der Waals surface area contributed by atoms with Gasteiger partial charge in [0.15, 0.2) is 23.0 Å². The van der Waals surface area contributed by atoms with Crippen molar-refractivity contribution in [2.24, 2.45) is 5.73 Å². The molecule has 0 saturated heterocycles. The van der Waals surface area contributed by atoms with Gasteiger partial charge in [-0.25, -0.2) is 0 Å². The Balaban J connectivity index is 1.88. The summed E-state index contributed by atoms with van der Waals surface area (Å²) in [6.07, 6.45) is 0.767. The predicted octanol–water partition coefficient (Wildman–Crippen LogP) is 3.11. The molecule has 0 aliphatic carbocycles. The first kappa shape index (κ1) is 16.5. The number of hydrogen-bond acceptors (Lipinski definition) is 5. The highest BCUT2D eigenvalue weighted by atomic mass is 16.7. The molecule has 0 radical (unpaired) electrons. The van der Waals surface area contributed by atoms with Crippen molar-refractivity contribution in [3.63, 3.8) is 0 Å². The molecule has 0 bridgehead atoms. The summed E-state index contributed by atoms with van der Waals surface area (Å²) < 4.78 is 22.1. The minimum Gasteiger partial charge on any atom is -0.493 e. The first-order valence-corrected chi connectivity index (χ1v) is 8.15. The number of ether oxygens (including phenoxy) is 4. The van der Waals surface area contributed by atoms with Gasteiger partial charge in [0, 0.05) is 5.92 Å². The fraction of sp³-hybridized carbons (Fsp3) is 0.368. The monoisotopic (exact) mass is 329 g/mol. The van der Waals surface area contributed by atoms with E-state index in [4.69, 9.17) is 24.7 Å². The van der Waals surface area contributed by atoms with Gasteiger partial charge < -0.3 is 24.7 Å². The fourth-order valence-electron chi connectivity index (χ4n) is 2.96. The fourth-order valence-corrected chi connectivity index (χ4v) is 2.96. The zero-order valence-corrected chi connectivity index (χ0v) is 14.1. The van der Waals surface area contributed by atoms with Gasteiger partial charge >= 0.3 is 0 Å². The Bertz CT molecular complexity index is 702. The lowest BCUT2D eigenvalue weighted by Gasteiger charge is -2.19. The molecule has 2 N–H and O–H groups in total. The summed E-state index contributed by atoms with van der Waals surface area (Å²) in [5.74, 6) is 3.26. The van der Waals surface area contributed by atoms with Crippen LogP contribution in [-0.4, -0.2) is 27.1 Å². The summed E-state index contributed by atoms with van der Waals surface area (Å²) in [6, 6.07) is 11.9. The van der Waals surface area contributed by atoms with Crippen LogP contribution in [0.5, 0.6) is 23.0 Å². The van der Waals surface area contributed by atoms with Crippen LogP contribution in [-0.2, 0) is 6.42 Å². The van der Waals surface area contributed by atoms with Crippen LogP contribution in [0.4, 0.5) is 0 Å². The van der Waals surface area contributed by atoms with E-state index in [1.807, 2.05) is 37.3 Å². The van der Waals surface area contributed by atoms with Crippen molar-refractivity contribution in [3.05, 3.63) is 47.5 Å². The molecule has 0 spiro atoms. The Labute approximate surface area is 142 Å². The van der Waals surface area contributed by atoms with E-state index in [-0.39, 0.29) is 12.7 Å². The number of rotatable bonds is 7. The van der Waals surface area contributed by atoms with Crippen molar-refractivity contribution in [3.8, 4) is 23.0 Å². The highest BCUT2D eigenvalue weighted by Crippen LogP contribution is 2.37. The van der Waals surface area contributed by atoms with Gasteiger partial charge in [0.25, 0.3) is 0 Å². The highest BCUT2D eigenvalue weighted by Gasteiger charge is 2.20. The van der Waals surface area contributed by atoms with Crippen LogP contribution in [0.25, 0.3) is 0 Å². The molecule has 3 rings (SSSR count). The normalized spacial score (nSPS) is 13.6. The van der Waals surface area contributed by atoms with E-state index < -0.39 is 0 Å². The maximum absolute atomic E-state index is 6.05. The molecule has 1 aliphatic rings. The van der Waals surface area contributed by atoms with Gasteiger partial charge in [0.2, 0.25) is 6.79 Å². The Morgan fingerprint density at radius 3 is 2.75 bits per heavy atom. The molecule has 1 unspecified atom stereocenters. The predicted molar refractivity (Wildman–Crippen MR) is 92.2 cm³/mol. The zero-order chi connectivity index (χ0) is 16.9. The molecule has 2 aromatic carbocycles. The van der Waals surface area contributed by atoms with E-state index in [9.17, 15) is 0 Å². The number of nitrogens with two attached hydrogens (primary N) is 1. The number of fused-ring (bicyclic) bond motifs is 1. The minimum atomic E-state index is 0.158. The first-order chi connectivity index (χ1) is 11.8. The van der Waals surface area contributed by atoms with Crippen LogP contribution in [0.1, 0.15) is 24.0 Å². The molecule has 1 atom stereocenters. The van der Waals surface area contributed by atoms with Gasteiger partial charge in [-0.1, -0.05) is 18.2 Å². The average molecular weight is 329 g/mol. The van der Waals surface area contributed by atoms with Crippen LogP contribution in [0.2, 0.25) is 0 Å². The smallest absolute Gasteiger partial charge is 0.231 e. The maximum Gasteiger partial charge on any atom is 0.231 e. The van der Waals surface area contributed by atoms with Crippen LogP contribution >= 0.6 is 0 Å². The van der Waals surface area contributed by atoms with Crippen LogP contribution in [0, 0.1) is 0 Å². The summed E-state index contributed by atoms with van der Waals surface area (Å²) in [4.78, 5) is 0. The lowest BCUT2D eigenvalue weighted by atomic mass is 9.91. The van der Waals surface area contributed by atoms with Crippen LogP contribution in [0.3, 0.4) is 0 Å². The molecule has 5 heteroatoms. The van der Waals surface area contributed by atoms with E-state index in [1.54, 1.807) is 7.11 Å². The maximum atomic E-state index is 6.05. The molecule has 128 valence electrons. The molecule has 1 heterocycles. The summed E-state index contributed by atoms with van der Waals surface area (Å²) in [7, 11) is 1.65. The second-order valence-electron chi connectivity index (χ2n) is 5.63. The topological polar surface area (TPSA) is 62.9 Å². The third kappa shape index (κ3) is 3.26. The van der Waals surface area contributed by atoms with Crippen molar-refractivity contribution in [1.29, 1.82) is 0 Å². The second kappa shape index (κ2) is 7.45. The number of methoxy groups -OCH3 is 1. The lowest BCUT2D eigenvalue weighted by Crippen LogP contribution is -2.15. The van der Waals surface area contributed by atoms with Crippen molar-refractivity contribution in [1.82, 2.24) is 0 Å². The van der Waals surface area contributed by atoms with Gasteiger partial charge in [-0.3, -0.25) is 0 Å². The number of benzene rings is 2. The van der Waals surface area contributed by atoms with E-state index in [0.717, 1.165) is 40.5 Å². The third-order valence-electron chi connectivity index (χ3n) is 4.19. The molecule has 24 heavy (non-hydrogen) atoms. The molecule has 5 nitrogen and oxygen atoms in total. The summed E-state index contributed by atoms with van der Waals surface area (Å²) >= 11 is 0. The first-order valence-electron chi connectivity index (χ1n) is 8.15. The number of para-hydroxylation sites is 1. The molecular formula is C19H23NO4. The molecular weight excluding hydrogens is 306 g/mol. The quantitative estimate of drug-likeness (QED) is 0.845. The van der Waals surface area contributed by atoms with Gasteiger partial charge in [0.1, 0.15) is 0 Å². The summed E-state index contributed by atoms with van der Waals surface area (Å²) in [6.45, 7) is 3.36. The van der Waals surface area contributed by atoms with Crippen molar-refractivity contribution < 1.29 is 18.9 Å². The largest absolute Gasteiger partial charge is 0.493 e. The van der Waals surface area contributed by atoms with Crippen molar-refractivity contribution >= 4 is 0 Å². The van der Waals surface area contributed by atoms with Gasteiger partial charge in [-0.15, -0.1) is 0 Å². The second-order valence-corrected chi connectivity index (χ2v) is 5.63. The van der Waals surface area contributed by atoms with Gasteiger partial charge in [-0.05, 0) is 49.2 Å². The van der Waals surface area contributed by atoms with E-state index >= 15 is 0 Å². The SMILES string of the molecule is CCOc1c(CC(CN)c2ccc3c(c2)OCO3)cccc1OC. The van der Waals surface area contributed by atoms with Crippen molar-refractivity contribution in [2.45, 2.75) is 19.3 Å². The molecule has 0 fully saturated rings.